The average Bonchev–Trinajstić information content (AvgIpc) is 3.54. The van der Waals surface area contributed by atoms with E-state index >= 15 is 0 Å². The molecule has 29 heavy (non-hydrogen) atoms. The maximum Gasteiger partial charge on any atom is 0.259 e. The van der Waals surface area contributed by atoms with Crippen LogP contribution in [0.4, 0.5) is 11.4 Å². The van der Waals surface area contributed by atoms with Crippen LogP contribution in [0, 0.1) is 0 Å². The number of hydrogen-bond acceptors (Lipinski definition) is 3. The van der Waals surface area contributed by atoms with Crippen molar-refractivity contribution in [3.63, 3.8) is 0 Å². The number of ether oxygens (including phenoxy) is 1. The maximum absolute atomic E-state index is 13.1. The minimum absolute atomic E-state index is 0.244. The van der Waals surface area contributed by atoms with Crippen LogP contribution in [0.15, 0.2) is 84.9 Å². The molecular weight excluding hydrogens is 388 g/mol. The summed E-state index contributed by atoms with van der Waals surface area (Å²) in [7, 11) is 0. The molecule has 0 aliphatic carbocycles. The van der Waals surface area contributed by atoms with Gasteiger partial charge < -0.3 is 15.0 Å². The van der Waals surface area contributed by atoms with E-state index in [1.54, 1.807) is 29.2 Å². The fourth-order valence-electron chi connectivity index (χ4n) is 3.10. The predicted molar refractivity (Wildman–Crippen MR) is 113 cm³/mol. The monoisotopic (exact) mass is 406 g/mol. The molecule has 4 rings (SSSR count). The fraction of sp³-hybridized carbons (Fsp3) is 0.130. The first kappa shape index (κ1) is 19.2. The lowest BCUT2D eigenvalue weighted by molar-refractivity contribution is -0.120. The number of amides is 2. The number of hydrogen-bond donors (Lipinski definition) is 1. The Morgan fingerprint density at radius 2 is 1.59 bits per heavy atom. The van der Waals surface area contributed by atoms with E-state index in [0.29, 0.717) is 17.3 Å². The Morgan fingerprint density at radius 3 is 2.28 bits per heavy atom. The van der Waals surface area contributed by atoms with Gasteiger partial charge in [0.1, 0.15) is 0 Å². The van der Waals surface area contributed by atoms with Gasteiger partial charge in [0.15, 0.2) is 12.2 Å². The van der Waals surface area contributed by atoms with Crippen molar-refractivity contribution in [1.82, 2.24) is 0 Å². The summed E-state index contributed by atoms with van der Waals surface area (Å²) in [5.41, 5.74) is 2.31. The van der Waals surface area contributed by atoms with Crippen molar-refractivity contribution >= 4 is 34.8 Å². The van der Waals surface area contributed by atoms with Gasteiger partial charge in [-0.2, -0.15) is 0 Å². The zero-order valence-electron chi connectivity index (χ0n) is 15.5. The van der Waals surface area contributed by atoms with E-state index in [0.717, 1.165) is 11.3 Å². The lowest BCUT2D eigenvalue weighted by Crippen LogP contribution is -2.36. The zero-order chi connectivity index (χ0) is 20.2. The Bertz CT molecular complexity index is 1010. The largest absolute Gasteiger partial charge is 0.349 e. The Hall–Kier alpha value is -3.15. The van der Waals surface area contributed by atoms with Crippen LogP contribution in [0.3, 0.4) is 0 Å². The van der Waals surface area contributed by atoms with Crippen LogP contribution in [0.5, 0.6) is 0 Å². The highest BCUT2D eigenvalue weighted by Gasteiger charge is 2.52. The van der Waals surface area contributed by atoms with Gasteiger partial charge in [-0.1, -0.05) is 66.2 Å². The van der Waals surface area contributed by atoms with Gasteiger partial charge in [0.2, 0.25) is 0 Å². The van der Waals surface area contributed by atoms with Crippen molar-refractivity contribution in [2.24, 2.45) is 0 Å². The summed E-state index contributed by atoms with van der Waals surface area (Å²) in [5.74, 6) is -0.607. The van der Waals surface area contributed by atoms with E-state index < -0.39 is 12.2 Å². The van der Waals surface area contributed by atoms with Gasteiger partial charge in [0, 0.05) is 16.4 Å². The predicted octanol–water partition coefficient (Wildman–Crippen LogP) is 4.28. The van der Waals surface area contributed by atoms with Gasteiger partial charge in [-0.3, -0.25) is 9.59 Å². The molecule has 1 aliphatic rings. The number of rotatable bonds is 6. The number of para-hydroxylation sites is 1. The second-order valence-electron chi connectivity index (χ2n) is 6.72. The minimum Gasteiger partial charge on any atom is -0.349 e. The standard InChI is InChI=1S/C23H19ClN2O3/c24-17-10-7-11-18(14-17)25-22(27)20-21(29-20)23(28)26(19-12-5-2-6-13-19)15-16-8-3-1-4-9-16/h1-14,20-21H,15H2,(H,25,27)/t20-,21-/m0/s1. The van der Waals surface area contributed by atoms with Crippen LogP contribution in [0.2, 0.25) is 5.02 Å². The van der Waals surface area contributed by atoms with Gasteiger partial charge in [-0.05, 0) is 35.9 Å². The molecule has 2 atom stereocenters. The van der Waals surface area contributed by atoms with Gasteiger partial charge >= 0.3 is 0 Å². The first-order valence-electron chi connectivity index (χ1n) is 9.24. The molecule has 3 aromatic rings. The van der Waals surface area contributed by atoms with Crippen molar-refractivity contribution < 1.29 is 14.3 Å². The number of carbonyl (C=O) groups is 2. The molecule has 5 nitrogen and oxygen atoms in total. The highest BCUT2D eigenvalue weighted by molar-refractivity contribution is 6.30. The molecule has 0 aromatic heterocycles. The average molecular weight is 407 g/mol. The molecule has 0 spiro atoms. The topological polar surface area (TPSA) is 61.9 Å². The number of benzene rings is 3. The molecule has 0 bridgehead atoms. The molecular formula is C23H19ClN2O3. The third-order valence-electron chi connectivity index (χ3n) is 4.60. The lowest BCUT2D eigenvalue weighted by Gasteiger charge is -2.22. The minimum atomic E-state index is -0.816. The van der Waals surface area contributed by atoms with E-state index in [1.165, 1.54) is 0 Å². The third kappa shape index (κ3) is 4.65. The second-order valence-corrected chi connectivity index (χ2v) is 7.16. The van der Waals surface area contributed by atoms with E-state index in [2.05, 4.69) is 5.32 Å². The molecule has 1 heterocycles. The smallest absolute Gasteiger partial charge is 0.259 e. The normalized spacial score (nSPS) is 17.4. The summed E-state index contributed by atoms with van der Waals surface area (Å²) in [4.78, 5) is 27.2. The summed E-state index contributed by atoms with van der Waals surface area (Å²) in [5, 5.41) is 3.26. The molecule has 0 unspecified atom stereocenters. The molecule has 6 heteroatoms. The summed E-state index contributed by atoms with van der Waals surface area (Å²) in [6, 6.07) is 25.9. The van der Waals surface area contributed by atoms with Crippen molar-refractivity contribution in [3.8, 4) is 0 Å². The Labute approximate surface area is 173 Å². The quantitative estimate of drug-likeness (QED) is 0.621. The molecule has 0 saturated carbocycles. The van der Waals surface area contributed by atoms with Crippen LogP contribution in [0.1, 0.15) is 5.56 Å². The number of epoxide rings is 1. The van der Waals surface area contributed by atoms with E-state index in [9.17, 15) is 9.59 Å². The highest BCUT2D eigenvalue weighted by Crippen LogP contribution is 2.29. The maximum atomic E-state index is 13.1. The van der Waals surface area contributed by atoms with Crippen LogP contribution in [0.25, 0.3) is 0 Å². The molecule has 1 saturated heterocycles. The number of halogens is 1. The van der Waals surface area contributed by atoms with Gasteiger partial charge in [-0.15, -0.1) is 0 Å². The Morgan fingerprint density at radius 1 is 0.897 bits per heavy atom. The van der Waals surface area contributed by atoms with Crippen molar-refractivity contribution in [2.75, 3.05) is 10.2 Å². The SMILES string of the molecule is O=C(Nc1cccc(Cl)c1)[C@H]1O[C@@H]1C(=O)N(Cc1ccccc1)c1ccccc1. The number of nitrogens with one attached hydrogen (secondary N) is 1. The van der Waals surface area contributed by atoms with Crippen LogP contribution in [-0.2, 0) is 20.9 Å². The Kier molecular flexibility index (Phi) is 5.60. The first-order chi connectivity index (χ1) is 14.1. The van der Waals surface area contributed by atoms with Crippen LogP contribution < -0.4 is 10.2 Å². The molecule has 1 aliphatic heterocycles. The summed E-state index contributed by atoms with van der Waals surface area (Å²) in [6.07, 6.45) is -1.62. The van der Waals surface area contributed by atoms with Crippen LogP contribution in [-0.4, -0.2) is 24.0 Å². The lowest BCUT2D eigenvalue weighted by atomic mass is 10.1. The van der Waals surface area contributed by atoms with Gasteiger partial charge in [0.25, 0.3) is 11.8 Å². The zero-order valence-corrected chi connectivity index (χ0v) is 16.3. The van der Waals surface area contributed by atoms with Crippen molar-refractivity contribution in [1.29, 1.82) is 0 Å². The number of anilines is 2. The molecule has 0 radical (unpaired) electrons. The molecule has 1 fully saturated rings. The van der Waals surface area contributed by atoms with Gasteiger partial charge in [-0.25, -0.2) is 0 Å². The molecule has 3 aromatic carbocycles. The molecule has 2 amide bonds. The fourth-order valence-corrected chi connectivity index (χ4v) is 3.29. The first-order valence-corrected chi connectivity index (χ1v) is 9.62. The van der Waals surface area contributed by atoms with Crippen molar-refractivity contribution in [2.45, 2.75) is 18.8 Å². The molecule has 146 valence electrons. The highest BCUT2D eigenvalue weighted by atomic mass is 35.5. The third-order valence-corrected chi connectivity index (χ3v) is 4.84. The van der Waals surface area contributed by atoms with Gasteiger partial charge in [0.05, 0.1) is 6.54 Å². The van der Waals surface area contributed by atoms with E-state index in [-0.39, 0.29) is 11.8 Å². The summed E-state index contributed by atoms with van der Waals surface area (Å²) >= 11 is 5.95. The molecule has 1 N–H and O–H groups in total. The van der Waals surface area contributed by atoms with Crippen molar-refractivity contribution in [3.05, 3.63) is 95.5 Å². The summed E-state index contributed by atoms with van der Waals surface area (Å²) in [6.45, 7) is 0.395. The number of nitrogens with zero attached hydrogens (tertiary/aromatic N) is 1. The second kappa shape index (κ2) is 8.47. The number of carbonyl (C=O) groups excluding carboxylic acids is 2. The summed E-state index contributed by atoms with van der Waals surface area (Å²) < 4.78 is 5.45. The van der Waals surface area contributed by atoms with E-state index in [4.69, 9.17) is 16.3 Å². The van der Waals surface area contributed by atoms with E-state index in [1.807, 2.05) is 60.7 Å². The van der Waals surface area contributed by atoms with Crippen LogP contribution >= 0.6 is 11.6 Å². The Balaban J connectivity index is 1.47.